The van der Waals surface area contributed by atoms with Gasteiger partial charge in [0, 0.05) is 21.8 Å². The maximum Gasteiger partial charge on any atom is 0.297 e. The molecule has 0 atom stereocenters. The summed E-state index contributed by atoms with van der Waals surface area (Å²) in [6, 6.07) is 18.5. The summed E-state index contributed by atoms with van der Waals surface area (Å²) in [6.45, 7) is 0.967. The van der Waals surface area contributed by atoms with Gasteiger partial charge in [-0.15, -0.1) is 0 Å². The number of rotatable bonds is 7. The third-order valence-electron chi connectivity index (χ3n) is 6.68. The third kappa shape index (κ3) is 5.42. The van der Waals surface area contributed by atoms with E-state index in [1.54, 1.807) is 12.1 Å². The number of hydrogen-bond donors (Lipinski definition) is 2. The molecule has 3 N–H and O–H groups in total. The number of hydrogen-bond acceptors (Lipinski definition) is 7. The van der Waals surface area contributed by atoms with E-state index in [9.17, 15) is 8.42 Å². The predicted molar refractivity (Wildman–Crippen MR) is 143 cm³/mol. The lowest BCUT2D eigenvalue weighted by atomic mass is 9.82. The second kappa shape index (κ2) is 10.1. The Morgan fingerprint density at radius 3 is 2.51 bits per heavy atom. The highest BCUT2D eigenvalue weighted by Gasteiger charge is 2.25. The molecule has 0 bridgehead atoms. The number of anilines is 2. The van der Waals surface area contributed by atoms with Gasteiger partial charge in [0.05, 0.1) is 12.1 Å². The van der Waals surface area contributed by atoms with Gasteiger partial charge in [0.1, 0.15) is 10.7 Å². The van der Waals surface area contributed by atoms with Crippen molar-refractivity contribution in [3.8, 4) is 0 Å². The van der Waals surface area contributed by atoms with Crippen LogP contribution in [0, 0.1) is 11.8 Å². The molecule has 0 unspecified atom stereocenters. The Morgan fingerprint density at radius 1 is 0.943 bits per heavy atom. The fourth-order valence-corrected chi connectivity index (χ4v) is 6.26. The summed E-state index contributed by atoms with van der Waals surface area (Å²) in [5.41, 5.74) is 6.92. The Balaban J connectivity index is 1.14. The molecule has 0 saturated heterocycles. The van der Waals surface area contributed by atoms with Crippen LogP contribution >= 0.6 is 15.9 Å². The molecule has 0 aliphatic heterocycles. The summed E-state index contributed by atoms with van der Waals surface area (Å²) < 4.78 is 32.2. The molecule has 1 aromatic heterocycles. The van der Waals surface area contributed by atoms with Crippen LogP contribution in [0.1, 0.15) is 25.7 Å². The number of nitrogens with zero attached hydrogens (tertiary/aromatic N) is 2. The number of aromatic nitrogens is 2. The maximum atomic E-state index is 12.9. The van der Waals surface area contributed by atoms with Crippen LogP contribution in [0.25, 0.3) is 21.7 Å². The van der Waals surface area contributed by atoms with E-state index in [4.69, 9.17) is 9.92 Å². The molecule has 7 nitrogen and oxygen atoms in total. The van der Waals surface area contributed by atoms with Crippen molar-refractivity contribution in [1.29, 1.82) is 0 Å². The molecule has 182 valence electrons. The zero-order valence-corrected chi connectivity index (χ0v) is 21.6. The average molecular weight is 555 g/mol. The molecule has 3 aromatic carbocycles. The topological polar surface area (TPSA) is 107 Å². The van der Waals surface area contributed by atoms with Crippen molar-refractivity contribution in [2.24, 2.45) is 11.8 Å². The van der Waals surface area contributed by atoms with Gasteiger partial charge < -0.3 is 11.1 Å². The van der Waals surface area contributed by atoms with Crippen LogP contribution < -0.4 is 11.1 Å². The van der Waals surface area contributed by atoms with Gasteiger partial charge >= 0.3 is 0 Å². The fraction of sp³-hybridized carbons (Fsp3) is 0.308. The second-order valence-electron chi connectivity index (χ2n) is 9.08. The highest BCUT2D eigenvalue weighted by Crippen LogP contribution is 2.31. The second-order valence-corrected chi connectivity index (χ2v) is 11.6. The largest absolute Gasteiger partial charge is 0.383 e. The quantitative estimate of drug-likeness (QED) is 0.280. The zero-order valence-electron chi connectivity index (χ0n) is 19.2. The molecular formula is C26H27BrN4O3S. The molecule has 5 rings (SSSR count). The van der Waals surface area contributed by atoms with Crippen LogP contribution in [0.3, 0.4) is 0 Å². The minimum atomic E-state index is -3.81. The lowest BCUT2D eigenvalue weighted by Crippen LogP contribution is -2.25. The first kappa shape index (κ1) is 24.0. The van der Waals surface area contributed by atoms with Gasteiger partial charge in [-0.25, -0.2) is 4.98 Å². The smallest absolute Gasteiger partial charge is 0.297 e. The average Bonchev–Trinajstić information content (AvgIpc) is 2.87. The van der Waals surface area contributed by atoms with Crippen molar-refractivity contribution >= 4 is 59.5 Å². The molecule has 1 heterocycles. The number of halogens is 1. The molecule has 9 heteroatoms. The Bertz CT molecular complexity index is 1470. The molecule has 0 amide bonds. The van der Waals surface area contributed by atoms with Crippen molar-refractivity contribution in [3.63, 3.8) is 0 Å². The SMILES string of the molecule is Nc1nc(NCC2CCC(COS(=O)(=O)c3cccc4ccccc34)CC2)nc2ccc(Br)cc12. The van der Waals surface area contributed by atoms with Gasteiger partial charge in [0.25, 0.3) is 10.1 Å². The summed E-state index contributed by atoms with van der Waals surface area (Å²) in [5, 5.41) is 5.73. The maximum absolute atomic E-state index is 12.9. The van der Waals surface area contributed by atoms with Crippen molar-refractivity contribution < 1.29 is 12.6 Å². The van der Waals surface area contributed by atoms with E-state index in [1.807, 2.05) is 48.5 Å². The summed E-state index contributed by atoms with van der Waals surface area (Å²) in [6.07, 6.45) is 3.83. The Kier molecular flexibility index (Phi) is 6.91. The molecule has 1 fully saturated rings. The van der Waals surface area contributed by atoms with Gasteiger partial charge in [-0.05, 0) is 67.2 Å². The molecule has 4 aromatic rings. The van der Waals surface area contributed by atoms with E-state index >= 15 is 0 Å². The molecule has 1 aliphatic rings. The van der Waals surface area contributed by atoms with E-state index in [-0.39, 0.29) is 17.4 Å². The number of nitrogen functional groups attached to an aromatic ring is 1. The van der Waals surface area contributed by atoms with E-state index in [0.29, 0.717) is 23.1 Å². The highest BCUT2D eigenvalue weighted by molar-refractivity contribution is 9.10. The zero-order chi connectivity index (χ0) is 24.4. The predicted octanol–water partition coefficient (Wildman–Crippen LogP) is 5.75. The monoisotopic (exact) mass is 554 g/mol. The standard InChI is InChI=1S/C26H27BrN4O3S/c27-20-12-13-23-22(14-20)25(28)31-26(30-23)29-15-17-8-10-18(11-9-17)16-34-35(32,33)24-7-3-5-19-4-1-2-6-21(19)24/h1-7,12-14,17-18H,8-11,15-16H2,(H3,28,29,30,31). The third-order valence-corrected chi connectivity index (χ3v) is 8.51. The Morgan fingerprint density at radius 2 is 1.69 bits per heavy atom. The fourth-order valence-electron chi connectivity index (χ4n) is 4.70. The summed E-state index contributed by atoms with van der Waals surface area (Å²) in [5.74, 6) is 1.67. The highest BCUT2D eigenvalue weighted by atomic mass is 79.9. The Labute approximate surface area is 213 Å². The number of nitrogens with one attached hydrogen (secondary N) is 1. The van der Waals surface area contributed by atoms with Crippen LogP contribution in [-0.4, -0.2) is 31.5 Å². The summed E-state index contributed by atoms with van der Waals surface area (Å²) in [4.78, 5) is 9.20. The normalized spacial score (nSPS) is 18.7. The number of benzene rings is 3. The van der Waals surface area contributed by atoms with E-state index < -0.39 is 10.1 Å². The first-order valence-electron chi connectivity index (χ1n) is 11.7. The van der Waals surface area contributed by atoms with Gasteiger partial charge in [0.2, 0.25) is 5.95 Å². The van der Waals surface area contributed by atoms with Crippen molar-refractivity contribution in [2.45, 2.75) is 30.6 Å². The van der Waals surface area contributed by atoms with Crippen LogP contribution in [0.5, 0.6) is 0 Å². The lowest BCUT2D eigenvalue weighted by Gasteiger charge is -2.28. The molecular weight excluding hydrogens is 528 g/mol. The van der Waals surface area contributed by atoms with Crippen molar-refractivity contribution in [3.05, 3.63) is 65.1 Å². The van der Waals surface area contributed by atoms with Crippen LogP contribution in [0.15, 0.2) is 70.0 Å². The molecule has 1 aliphatic carbocycles. The van der Waals surface area contributed by atoms with Crippen LogP contribution in [0.2, 0.25) is 0 Å². The summed E-state index contributed by atoms with van der Waals surface area (Å²) in [7, 11) is -3.81. The van der Waals surface area contributed by atoms with Gasteiger partial charge in [0.15, 0.2) is 0 Å². The molecule has 1 saturated carbocycles. The molecule has 0 spiro atoms. The van der Waals surface area contributed by atoms with Gasteiger partial charge in [-0.1, -0.05) is 52.3 Å². The van der Waals surface area contributed by atoms with Crippen molar-refractivity contribution in [2.75, 3.05) is 24.2 Å². The first-order valence-corrected chi connectivity index (χ1v) is 13.9. The van der Waals surface area contributed by atoms with Gasteiger partial charge in [-0.2, -0.15) is 13.4 Å². The van der Waals surface area contributed by atoms with E-state index in [1.165, 1.54) is 0 Å². The molecule has 0 radical (unpaired) electrons. The first-order chi connectivity index (χ1) is 16.9. The Hall–Kier alpha value is -2.75. The minimum Gasteiger partial charge on any atom is -0.383 e. The van der Waals surface area contributed by atoms with E-state index in [2.05, 4.69) is 31.2 Å². The van der Waals surface area contributed by atoms with Crippen molar-refractivity contribution in [1.82, 2.24) is 9.97 Å². The number of nitrogens with two attached hydrogens (primary N) is 1. The van der Waals surface area contributed by atoms with Gasteiger partial charge in [-0.3, -0.25) is 4.18 Å². The van der Waals surface area contributed by atoms with E-state index in [0.717, 1.165) is 53.0 Å². The molecule has 35 heavy (non-hydrogen) atoms. The van der Waals surface area contributed by atoms with Crippen LogP contribution in [-0.2, 0) is 14.3 Å². The number of fused-ring (bicyclic) bond motifs is 2. The lowest BCUT2D eigenvalue weighted by molar-refractivity contribution is 0.190. The summed E-state index contributed by atoms with van der Waals surface area (Å²) >= 11 is 3.45. The van der Waals surface area contributed by atoms with Crippen LogP contribution in [0.4, 0.5) is 11.8 Å². The minimum absolute atomic E-state index is 0.214.